The number of aromatic nitrogens is 2. The van der Waals surface area contributed by atoms with Crippen LogP contribution in [0.2, 0.25) is 0 Å². The van der Waals surface area contributed by atoms with Crippen LogP contribution in [0.15, 0.2) is 146 Å². The Morgan fingerprint density at radius 3 is 1.03 bits per heavy atom. The highest BCUT2D eigenvalue weighted by Crippen LogP contribution is 2.51. The SMILES string of the molecule is CC(CCC(C)NC(=O)CC1CN(Cc2ccncc2)CCN1Cc1ccc(-c2ccc(C(O)(C(F)(F)F)C(F)(F)F)cc2)cc1)NC(=O)CC1CN(Cc2ccc(-c3ccc(C(O)(C(F)(F)F)C(F)(F)F)cc3)cc2)CCN1Cc1ccncc1. The molecule has 4 atom stereocenters. The molecule has 2 saturated heterocycles. The Labute approximate surface area is 489 Å². The number of alkyl halides is 12. The molecule has 2 aliphatic rings. The molecule has 0 saturated carbocycles. The van der Waals surface area contributed by atoms with Crippen LogP contribution in [0, 0.1) is 0 Å². The zero-order valence-electron chi connectivity index (χ0n) is 47.0. The highest BCUT2D eigenvalue weighted by atomic mass is 19.4. The number of aliphatic hydroxyl groups is 2. The van der Waals surface area contributed by atoms with E-state index in [1.807, 2.05) is 62.4 Å². The molecule has 2 amide bonds. The summed E-state index contributed by atoms with van der Waals surface area (Å²) >= 11 is 0. The summed E-state index contributed by atoms with van der Waals surface area (Å²) in [6.07, 6.45) is -15.7. The molecule has 8 rings (SSSR count). The second-order valence-corrected chi connectivity index (χ2v) is 22.3. The molecule has 4 aromatic carbocycles. The molecule has 4 heterocycles. The summed E-state index contributed by atoms with van der Waals surface area (Å²) in [7, 11) is 0. The molecule has 24 heteroatoms. The smallest absolute Gasteiger partial charge is 0.369 e. The first-order chi connectivity index (χ1) is 40.5. The van der Waals surface area contributed by atoms with Crippen molar-refractivity contribution in [2.75, 3.05) is 39.3 Å². The van der Waals surface area contributed by atoms with E-state index in [0.29, 0.717) is 125 Å². The monoisotopic (exact) mass is 1210 g/mol. The first kappa shape index (κ1) is 65.0. The third-order valence-corrected chi connectivity index (χ3v) is 16.0. The van der Waals surface area contributed by atoms with Gasteiger partial charge in [-0.25, -0.2) is 0 Å². The first-order valence-electron chi connectivity index (χ1n) is 27.9. The van der Waals surface area contributed by atoms with Gasteiger partial charge in [-0.15, -0.1) is 0 Å². The van der Waals surface area contributed by atoms with Crippen molar-refractivity contribution >= 4 is 11.8 Å². The number of hydrogen-bond donors (Lipinski definition) is 4. The molecule has 0 radical (unpaired) electrons. The number of hydrogen-bond acceptors (Lipinski definition) is 10. The van der Waals surface area contributed by atoms with Gasteiger partial charge in [-0.1, -0.05) is 97.1 Å². The first-order valence-corrected chi connectivity index (χ1v) is 27.9. The lowest BCUT2D eigenvalue weighted by Crippen LogP contribution is -2.54. The maximum Gasteiger partial charge on any atom is 0.430 e. The van der Waals surface area contributed by atoms with Crippen molar-refractivity contribution in [3.63, 3.8) is 0 Å². The Morgan fingerprint density at radius 1 is 0.442 bits per heavy atom. The van der Waals surface area contributed by atoms with Crippen LogP contribution in [0.25, 0.3) is 22.3 Å². The molecule has 4 unspecified atom stereocenters. The largest absolute Gasteiger partial charge is 0.430 e. The van der Waals surface area contributed by atoms with E-state index in [9.17, 15) is 72.5 Å². The van der Waals surface area contributed by atoms with Crippen molar-refractivity contribution in [3.8, 4) is 22.3 Å². The average molecular weight is 1220 g/mol. The third kappa shape index (κ3) is 15.8. The Balaban J connectivity index is 0.844. The number of piperazine rings is 2. The van der Waals surface area contributed by atoms with Crippen molar-refractivity contribution in [1.82, 2.24) is 40.2 Å². The van der Waals surface area contributed by atoms with E-state index in [4.69, 9.17) is 0 Å². The van der Waals surface area contributed by atoms with Gasteiger partial charge >= 0.3 is 24.7 Å². The molecule has 0 aliphatic carbocycles. The topological polar surface area (TPSA) is 137 Å². The molecule has 6 aromatic rings. The Morgan fingerprint density at radius 2 is 0.721 bits per heavy atom. The molecule has 2 aliphatic heterocycles. The fraction of sp³-hybridized carbons (Fsp3) is 0.419. The molecular weight excluding hydrogens is 1150 g/mol. The average Bonchev–Trinajstić information content (AvgIpc) is 0.929. The van der Waals surface area contributed by atoms with E-state index >= 15 is 0 Å². The molecule has 86 heavy (non-hydrogen) atoms. The van der Waals surface area contributed by atoms with Crippen LogP contribution < -0.4 is 10.6 Å². The minimum absolute atomic E-state index is 0.148. The standard InChI is InChI=1S/C62H66F12N8O4/c1-41(77-55(83)33-53-40-80(36-45-21-25-75-26-22-45)30-31-81(53)37-44-7-11-48(12-8-44)50-15-19-52(20-16-50)58(86,61(69,70)71)62(72,73)74)3-4-42(2)78-56(84)34-54-39-79(29-32-82(54)38-46-23-27-76-28-24-46)35-43-5-9-47(10-6-43)49-13-17-51(18-14-49)57(85,59(63,64)65)60(66,67)68/h5-28,41-42,53-54,85-86H,3-4,29-40H2,1-2H3,(H,77,83)(H,78,84). The van der Waals surface area contributed by atoms with Gasteiger partial charge in [0, 0.05) is 138 Å². The van der Waals surface area contributed by atoms with Crippen LogP contribution >= 0.6 is 0 Å². The number of halogens is 12. The molecule has 462 valence electrons. The van der Waals surface area contributed by atoms with Gasteiger partial charge in [-0.2, -0.15) is 52.7 Å². The van der Waals surface area contributed by atoms with Crippen molar-refractivity contribution in [1.29, 1.82) is 0 Å². The fourth-order valence-corrected chi connectivity index (χ4v) is 11.1. The van der Waals surface area contributed by atoms with Gasteiger partial charge in [-0.05, 0) is 95.5 Å². The van der Waals surface area contributed by atoms with Gasteiger partial charge in [0.1, 0.15) is 0 Å². The molecule has 2 fully saturated rings. The van der Waals surface area contributed by atoms with Gasteiger partial charge in [-0.3, -0.25) is 39.2 Å². The van der Waals surface area contributed by atoms with Gasteiger partial charge in [0.15, 0.2) is 0 Å². The predicted molar refractivity (Wildman–Crippen MR) is 297 cm³/mol. The summed E-state index contributed by atoms with van der Waals surface area (Å²) in [6.45, 7) is 9.71. The van der Waals surface area contributed by atoms with E-state index < -0.39 is 47.0 Å². The lowest BCUT2D eigenvalue weighted by Gasteiger charge is -2.41. The second-order valence-electron chi connectivity index (χ2n) is 22.3. The molecule has 0 bridgehead atoms. The quantitative estimate of drug-likeness (QED) is 0.0516. The predicted octanol–water partition coefficient (Wildman–Crippen LogP) is 11.1. The Bertz CT molecular complexity index is 3130. The summed E-state index contributed by atoms with van der Waals surface area (Å²) < 4.78 is 162. The van der Waals surface area contributed by atoms with E-state index in [2.05, 4.69) is 40.2 Å². The summed E-state index contributed by atoms with van der Waals surface area (Å²) in [5, 5.41) is 25.9. The highest BCUT2D eigenvalue weighted by Gasteiger charge is 2.72. The number of carbonyl (C=O) groups excluding carboxylic acids is 2. The van der Waals surface area contributed by atoms with Gasteiger partial charge in [0.05, 0.1) is 0 Å². The zero-order valence-corrected chi connectivity index (χ0v) is 47.0. The number of rotatable bonds is 21. The lowest BCUT2D eigenvalue weighted by atomic mass is 9.90. The maximum absolute atomic E-state index is 13.8. The van der Waals surface area contributed by atoms with Crippen molar-refractivity contribution in [2.24, 2.45) is 0 Å². The number of carbonyl (C=O) groups is 2. The van der Waals surface area contributed by atoms with Gasteiger partial charge < -0.3 is 20.8 Å². The number of pyridine rings is 2. The minimum atomic E-state index is -6.00. The van der Waals surface area contributed by atoms with Crippen LogP contribution in [0.3, 0.4) is 0 Å². The van der Waals surface area contributed by atoms with Crippen LogP contribution in [-0.4, -0.2) is 140 Å². The number of benzene rings is 4. The summed E-state index contributed by atoms with van der Waals surface area (Å²) in [5.74, 6) is -0.307. The molecule has 12 nitrogen and oxygen atoms in total. The Kier molecular flexibility index (Phi) is 20.4. The molecule has 0 spiro atoms. The van der Waals surface area contributed by atoms with Crippen LogP contribution in [0.4, 0.5) is 52.7 Å². The van der Waals surface area contributed by atoms with Crippen molar-refractivity contribution < 1.29 is 72.5 Å². The summed E-state index contributed by atoms with van der Waals surface area (Å²) in [4.78, 5) is 44.8. The zero-order chi connectivity index (χ0) is 62.2. The van der Waals surface area contributed by atoms with Crippen molar-refractivity contribution in [2.45, 2.75) is 126 Å². The van der Waals surface area contributed by atoms with Crippen LogP contribution in [0.1, 0.15) is 72.9 Å². The van der Waals surface area contributed by atoms with Crippen LogP contribution in [0.5, 0.6) is 0 Å². The maximum atomic E-state index is 13.8. The fourth-order valence-electron chi connectivity index (χ4n) is 11.1. The normalized spacial score (nSPS) is 18.1. The molecule has 4 N–H and O–H groups in total. The van der Waals surface area contributed by atoms with Gasteiger partial charge in [0.25, 0.3) is 11.2 Å². The number of amides is 2. The molecule has 2 aromatic heterocycles. The lowest BCUT2D eigenvalue weighted by molar-refractivity contribution is -0.376. The van der Waals surface area contributed by atoms with Crippen LogP contribution in [-0.2, 0) is 47.0 Å². The number of nitrogens with one attached hydrogen (secondary N) is 2. The van der Waals surface area contributed by atoms with E-state index in [0.717, 1.165) is 46.5 Å². The Hall–Kier alpha value is -6.96. The highest BCUT2D eigenvalue weighted by molar-refractivity contribution is 5.77. The van der Waals surface area contributed by atoms with Crippen molar-refractivity contribution in [3.05, 3.63) is 179 Å². The van der Waals surface area contributed by atoms with Gasteiger partial charge in [0.2, 0.25) is 11.8 Å². The summed E-state index contributed by atoms with van der Waals surface area (Å²) in [6, 6.07) is 27.7. The van der Waals surface area contributed by atoms with E-state index in [-0.39, 0.29) is 48.8 Å². The van der Waals surface area contributed by atoms with E-state index in [1.54, 1.807) is 49.1 Å². The summed E-state index contributed by atoms with van der Waals surface area (Å²) in [5.41, 5.74) is -7.17. The molecular formula is C62H66F12N8O4. The third-order valence-electron chi connectivity index (χ3n) is 16.0. The number of nitrogens with zero attached hydrogens (tertiary/aromatic N) is 6. The van der Waals surface area contributed by atoms with E-state index in [1.165, 1.54) is 0 Å². The second kappa shape index (κ2) is 27.0. The minimum Gasteiger partial charge on any atom is -0.369 e.